The molecule has 1 unspecified atom stereocenters. The molecule has 0 spiro atoms. The predicted octanol–water partition coefficient (Wildman–Crippen LogP) is 3.70. The first-order valence-electron chi connectivity index (χ1n) is 11.7. The van der Waals surface area contributed by atoms with Gasteiger partial charge in [-0.1, -0.05) is 29.8 Å². The fourth-order valence-electron chi connectivity index (χ4n) is 3.84. The van der Waals surface area contributed by atoms with Crippen LogP contribution in [0.5, 0.6) is 0 Å². The molecule has 1 amide bonds. The van der Waals surface area contributed by atoms with Gasteiger partial charge in [-0.05, 0) is 69.5 Å². The number of hydrogen-bond donors (Lipinski definition) is 1. The number of nitrogens with one attached hydrogen (secondary N) is 1. The first-order chi connectivity index (χ1) is 16.5. The maximum absolute atomic E-state index is 13.2. The van der Waals surface area contributed by atoms with Crippen molar-refractivity contribution in [2.24, 2.45) is 0 Å². The number of carbonyl (C=O) groups is 3. The number of benzene rings is 1. The quantitative estimate of drug-likeness (QED) is 0.507. The largest absolute Gasteiger partial charge is 0.458 e. The number of esters is 1. The maximum atomic E-state index is 13.2. The van der Waals surface area contributed by atoms with Gasteiger partial charge >= 0.3 is 5.97 Å². The molecular weight excluding hydrogens is 488 g/mol. The molecule has 0 saturated carbocycles. The third-order valence-electron chi connectivity index (χ3n) is 5.59. The molecule has 1 aliphatic heterocycles. The predicted molar refractivity (Wildman–Crippen MR) is 137 cm³/mol. The van der Waals surface area contributed by atoms with E-state index < -0.39 is 23.5 Å². The Morgan fingerprint density at radius 3 is 2.49 bits per heavy atom. The second-order valence-corrected chi connectivity index (χ2v) is 11.5. The number of likely N-dealkylation sites (N-methyl/N-ethyl adjacent to an activating group) is 1. The molecule has 35 heavy (non-hydrogen) atoms. The minimum absolute atomic E-state index is 0.140. The molecule has 0 saturated heterocycles. The molecule has 1 aromatic heterocycles. The van der Waals surface area contributed by atoms with Gasteiger partial charge in [0.25, 0.3) is 5.91 Å². The molecule has 1 atom stereocenters. The summed E-state index contributed by atoms with van der Waals surface area (Å²) in [4.78, 5) is 40.6. The molecule has 7 nitrogen and oxygen atoms in total. The van der Waals surface area contributed by atoms with E-state index in [0.717, 1.165) is 42.8 Å². The molecule has 1 N–H and O–H groups in total. The van der Waals surface area contributed by atoms with Crippen LogP contribution in [0.2, 0.25) is 4.34 Å². The monoisotopic (exact) mass is 520 g/mol. The summed E-state index contributed by atoms with van der Waals surface area (Å²) in [7, 11) is 2.11. The van der Waals surface area contributed by atoms with Crippen LogP contribution >= 0.6 is 22.9 Å². The summed E-state index contributed by atoms with van der Waals surface area (Å²) in [5.74, 6) is -1.14. The average Bonchev–Trinajstić information content (AvgIpc) is 3.12. The van der Waals surface area contributed by atoms with Crippen LogP contribution in [-0.2, 0) is 38.3 Å². The maximum Gasteiger partial charge on any atom is 0.332 e. The van der Waals surface area contributed by atoms with Gasteiger partial charge in [0.2, 0.25) is 0 Å². The number of nitrogens with zero attached hydrogens (tertiary/aromatic N) is 1. The highest BCUT2D eigenvalue weighted by atomic mass is 35.5. The lowest BCUT2D eigenvalue weighted by Crippen LogP contribution is -2.45. The molecule has 0 fully saturated rings. The first-order valence-corrected chi connectivity index (χ1v) is 12.9. The number of thiophene rings is 1. The average molecular weight is 521 g/mol. The number of ether oxygens (including phenoxy) is 2. The fraction of sp³-hybridized carbons (Fsp3) is 0.500. The standard InChI is InChI=1S/C26H33ClN2O5S/c1-26(2,3)34-24(31)16-33-15-20(28-25(32)22-7-8-23(27)35-22)21(30)14-17-5-6-18-9-11-29(4)12-10-19(18)13-17/h5-8,13,20H,9-12,14-16H2,1-4H3,(H,28,32). The zero-order valence-corrected chi connectivity index (χ0v) is 22.3. The zero-order valence-electron chi connectivity index (χ0n) is 20.7. The second-order valence-electron chi connectivity index (χ2n) is 9.78. The third-order valence-corrected chi connectivity index (χ3v) is 6.82. The van der Waals surface area contributed by atoms with E-state index in [4.69, 9.17) is 21.1 Å². The Morgan fingerprint density at radius 2 is 1.83 bits per heavy atom. The Bertz CT molecular complexity index is 1060. The van der Waals surface area contributed by atoms with Crippen LogP contribution in [0.1, 0.15) is 47.1 Å². The summed E-state index contributed by atoms with van der Waals surface area (Å²) in [6, 6.07) is 8.47. The van der Waals surface area contributed by atoms with E-state index in [-0.39, 0.29) is 25.4 Å². The van der Waals surface area contributed by atoms with Crippen molar-refractivity contribution in [2.75, 3.05) is 33.4 Å². The van der Waals surface area contributed by atoms with E-state index in [9.17, 15) is 14.4 Å². The van der Waals surface area contributed by atoms with Crippen LogP contribution in [0.3, 0.4) is 0 Å². The van der Waals surface area contributed by atoms with Crippen molar-refractivity contribution in [3.05, 3.63) is 56.2 Å². The molecule has 0 aliphatic carbocycles. The van der Waals surface area contributed by atoms with Crippen LogP contribution in [0, 0.1) is 0 Å². The van der Waals surface area contributed by atoms with Crippen molar-refractivity contribution in [2.45, 2.75) is 51.7 Å². The summed E-state index contributed by atoms with van der Waals surface area (Å²) < 4.78 is 11.2. The molecule has 9 heteroatoms. The Labute approximate surface area is 215 Å². The van der Waals surface area contributed by atoms with Crippen LogP contribution in [-0.4, -0.2) is 67.6 Å². The number of amides is 1. The lowest BCUT2D eigenvalue weighted by molar-refractivity contribution is -0.160. The Kier molecular flexibility index (Phi) is 9.47. The highest BCUT2D eigenvalue weighted by molar-refractivity contribution is 7.18. The van der Waals surface area contributed by atoms with Gasteiger partial charge in [-0.3, -0.25) is 9.59 Å². The topological polar surface area (TPSA) is 84.9 Å². The van der Waals surface area contributed by atoms with E-state index in [1.54, 1.807) is 32.9 Å². The summed E-state index contributed by atoms with van der Waals surface area (Å²) >= 11 is 7.08. The van der Waals surface area contributed by atoms with Gasteiger partial charge in [-0.25, -0.2) is 4.79 Å². The summed E-state index contributed by atoms with van der Waals surface area (Å²) in [5, 5.41) is 2.75. The SMILES string of the molecule is CN1CCc2ccc(CC(=O)C(COCC(=O)OC(C)(C)C)NC(=O)c3ccc(Cl)s3)cc2CC1. The van der Waals surface area contributed by atoms with Gasteiger partial charge < -0.3 is 19.7 Å². The summed E-state index contributed by atoms with van der Waals surface area (Å²) in [6.07, 6.45) is 2.07. The van der Waals surface area contributed by atoms with Crippen molar-refractivity contribution in [3.63, 3.8) is 0 Å². The van der Waals surface area contributed by atoms with Gasteiger partial charge in [-0.2, -0.15) is 0 Å². The lowest BCUT2D eigenvalue weighted by Gasteiger charge is -2.21. The smallest absolute Gasteiger partial charge is 0.332 e. The van der Waals surface area contributed by atoms with E-state index >= 15 is 0 Å². The normalized spacial score (nSPS) is 15.1. The number of ketones is 1. The molecule has 190 valence electrons. The van der Waals surface area contributed by atoms with Crippen LogP contribution < -0.4 is 5.32 Å². The molecule has 2 heterocycles. The van der Waals surface area contributed by atoms with E-state index in [0.29, 0.717) is 9.21 Å². The zero-order chi connectivity index (χ0) is 25.6. The van der Waals surface area contributed by atoms with Gasteiger partial charge in [0.1, 0.15) is 18.2 Å². The highest BCUT2D eigenvalue weighted by Gasteiger charge is 2.24. The van der Waals surface area contributed by atoms with Crippen molar-refractivity contribution >= 4 is 40.6 Å². The molecule has 1 aliphatic rings. The number of rotatable bonds is 9. The number of carbonyl (C=O) groups excluding carboxylic acids is 3. The Morgan fingerprint density at radius 1 is 1.11 bits per heavy atom. The van der Waals surface area contributed by atoms with E-state index in [1.807, 2.05) is 6.07 Å². The van der Waals surface area contributed by atoms with Crippen LogP contribution in [0.25, 0.3) is 0 Å². The lowest BCUT2D eigenvalue weighted by atomic mass is 9.96. The van der Waals surface area contributed by atoms with E-state index in [1.165, 1.54) is 11.1 Å². The molecule has 0 radical (unpaired) electrons. The van der Waals surface area contributed by atoms with Gasteiger partial charge in [0, 0.05) is 19.5 Å². The molecular formula is C26H33ClN2O5S. The van der Waals surface area contributed by atoms with Gasteiger partial charge in [-0.15, -0.1) is 11.3 Å². The summed E-state index contributed by atoms with van der Waals surface area (Å²) in [6.45, 7) is 6.84. The van der Waals surface area contributed by atoms with Crippen LogP contribution in [0.4, 0.5) is 0 Å². The van der Waals surface area contributed by atoms with Crippen molar-refractivity contribution < 1.29 is 23.9 Å². The summed E-state index contributed by atoms with van der Waals surface area (Å²) in [5.41, 5.74) is 2.83. The number of fused-ring (bicyclic) bond motifs is 1. The Hall–Kier alpha value is -2.26. The molecule has 1 aromatic carbocycles. The minimum atomic E-state index is -0.921. The third kappa shape index (κ3) is 8.72. The highest BCUT2D eigenvalue weighted by Crippen LogP contribution is 2.22. The second kappa shape index (κ2) is 12.1. The van der Waals surface area contributed by atoms with Gasteiger partial charge in [0.15, 0.2) is 5.78 Å². The minimum Gasteiger partial charge on any atom is -0.458 e. The van der Waals surface area contributed by atoms with Crippen molar-refractivity contribution in [3.8, 4) is 0 Å². The number of Topliss-reactive ketones (excluding diaryl/α,β-unsaturated/α-hetero) is 1. The molecule has 2 aromatic rings. The van der Waals surface area contributed by atoms with Crippen molar-refractivity contribution in [1.29, 1.82) is 0 Å². The first kappa shape index (κ1) is 27.3. The van der Waals surface area contributed by atoms with Crippen LogP contribution in [0.15, 0.2) is 30.3 Å². The molecule has 0 bridgehead atoms. The Balaban J connectivity index is 1.68. The number of hydrogen-bond acceptors (Lipinski definition) is 7. The van der Waals surface area contributed by atoms with E-state index in [2.05, 4.69) is 29.4 Å². The van der Waals surface area contributed by atoms with Crippen molar-refractivity contribution in [1.82, 2.24) is 10.2 Å². The number of halogens is 1. The van der Waals surface area contributed by atoms with Gasteiger partial charge in [0.05, 0.1) is 15.8 Å². The molecule has 3 rings (SSSR count). The fourth-order valence-corrected chi connectivity index (χ4v) is 4.78.